The first kappa shape index (κ1) is 13.2. The normalized spacial score (nSPS) is 31.4. The van der Waals surface area contributed by atoms with Gasteiger partial charge in [-0.25, -0.2) is 0 Å². The van der Waals surface area contributed by atoms with Crippen LogP contribution in [0.2, 0.25) is 0 Å². The van der Waals surface area contributed by atoms with Gasteiger partial charge >= 0.3 is 11.9 Å². The first-order valence-electron chi connectivity index (χ1n) is 6.78. The summed E-state index contributed by atoms with van der Waals surface area (Å²) in [6.07, 6.45) is 0.484. The van der Waals surface area contributed by atoms with E-state index in [2.05, 4.69) is 0 Å². The van der Waals surface area contributed by atoms with E-state index in [0.717, 1.165) is 5.56 Å². The smallest absolute Gasteiger partial charge is 0.325 e. The van der Waals surface area contributed by atoms with Crippen molar-refractivity contribution in [2.24, 2.45) is 5.41 Å². The summed E-state index contributed by atoms with van der Waals surface area (Å²) in [6, 6.07) is 9.60. The van der Waals surface area contributed by atoms with Crippen molar-refractivity contribution in [1.82, 2.24) is 0 Å². The molecule has 2 atom stereocenters. The summed E-state index contributed by atoms with van der Waals surface area (Å²) >= 11 is 0. The minimum atomic E-state index is -1.14. The van der Waals surface area contributed by atoms with Crippen LogP contribution >= 0.6 is 0 Å². The van der Waals surface area contributed by atoms with Crippen molar-refractivity contribution >= 4 is 11.9 Å². The number of benzene rings is 1. The number of carbonyl (C=O) groups is 2. The van der Waals surface area contributed by atoms with Gasteiger partial charge in [0, 0.05) is 0 Å². The molecule has 1 unspecified atom stereocenters. The van der Waals surface area contributed by atoms with Crippen molar-refractivity contribution in [3.8, 4) is 0 Å². The summed E-state index contributed by atoms with van der Waals surface area (Å²) < 4.78 is 10.6. The van der Waals surface area contributed by atoms with Crippen LogP contribution in [0.5, 0.6) is 0 Å². The number of cyclic esters (lactones) is 1. The van der Waals surface area contributed by atoms with E-state index >= 15 is 0 Å². The quantitative estimate of drug-likeness (QED) is 0.613. The molecule has 2 fully saturated rings. The Bertz CT molecular complexity index is 572. The molecular formula is C16H18O4. The maximum Gasteiger partial charge on any atom is 0.325 e. The number of carbonyl (C=O) groups excluding carboxylic acids is 2. The van der Waals surface area contributed by atoms with E-state index in [1.165, 1.54) is 0 Å². The molecule has 0 spiro atoms. The lowest BCUT2D eigenvalue weighted by atomic mass is 9.88. The summed E-state index contributed by atoms with van der Waals surface area (Å²) in [5.74, 6) is -0.910. The molecule has 0 aromatic heterocycles. The second-order valence-corrected chi connectivity index (χ2v) is 6.61. The predicted octanol–water partition coefficient (Wildman–Crippen LogP) is 2.21. The van der Waals surface area contributed by atoms with Crippen molar-refractivity contribution in [3.05, 3.63) is 35.9 Å². The molecule has 20 heavy (non-hydrogen) atoms. The van der Waals surface area contributed by atoms with Crippen LogP contribution in [0.4, 0.5) is 0 Å². The Morgan fingerprint density at radius 1 is 1.25 bits per heavy atom. The molecular weight excluding hydrogens is 256 g/mol. The zero-order valence-electron chi connectivity index (χ0n) is 11.9. The van der Waals surface area contributed by atoms with Crippen LogP contribution in [-0.2, 0) is 24.5 Å². The van der Waals surface area contributed by atoms with Gasteiger partial charge in [-0.3, -0.25) is 9.59 Å². The van der Waals surface area contributed by atoms with Crippen LogP contribution in [0.1, 0.15) is 32.8 Å². The molecule has 1 aliphatic heterocycles. The number of fused-ring (bicyclic) bond motifs is 1. The van der Waals surface area contributed by atoms with Crippen LogP contribution in [0, 0.1) is 5.41 Å². The second kappa shape index (κ2) is 3.84. The van der Waals surface area contributed by atoms with Gasteiger partial charge in [0.25, 0.3) is 0 Å². The van der Waals surface area contributed by atoms with Crippen LogP contribution in [-0.4, -0.2) is 24.1 Å². The molecule has 4 nitrogen and oxygen atoms in total. The Balaban J connectivity index is 1.97. The molecule has 106 valence electrons. The molecule has 0 radical (unpaired) electrons. The fraction of sp³-hybridized carbons (Fsp3) is 0.500. The highest BCUT2D eigenvalue weighted by atomic mass is 16.6. The maximum atomic E-state index is 12.5. The highest BCUT2D eigenvalue weighted by molar-refractivity contribution is 6.08. The van der Waals surface area contributed by atoms with Crippen molar-refractivity contribution in [1.29, 1.82) is 0 Å². The van der Waals surface area contributed by atoms with E-state index in [-0.39, 0.29) is 6.61 Å². The molecule has 0 bridgehead atoms. The monoisotopic (exact) mass is 274 g/mol. The van der Waals surface area contributed by atoms with Crippen molar-refractivity contribution < 1.29 is 19.1 Å². The summed E-state index contributed by atoms with van der Waals surface area (Å²) in [4.78, 5) is 24.6. The molecule has 1 saturated carbocycles. The summed E-state index contributed by atoms with van der Waals surface area (Å²) in [7, 11) is 0. The van der Waals surface area contributed by atoms with Crippen LogP contribution in [0.3, 0.4) is 0 Å². The van der Waals surface area contributed by atoms with E-state index in [9.17, 15) is 9.59 Å². The fourth-order valence-corrected chi connectivity index (χ4v) is 3.07. The number of rotatable bonds is 2. The third-order valence-corrected chi connectivity index (χ3v) is 4.13. The van der Waals surface area contributed by atoms with E-state index in [1.807, 2.05) is 30.3 Å². The third kappa shape index (κ3) is 1.60. The molecule has 0 amide bonds. The highest BCUT2D eigenvalue weighted by Gasteiger charge is 2.83. The summed E-state index contributed by atoms with van der Waals surface area (Å²) in [5.41, 5.74) is -1.31. The topological polar surface area (TPSA) is 52.6 Å². The van der Waals surface area contributed by atoms with E-state index in [4.69, 9.17) is 9.47 Å². The molecule has 1 saturated heterocycles. The number of hydrogen-bond donors (Lipinski definition) is 0. The zero-order chi connectivity index (χ0) is 14.6. The lowest BCUT2D eigenvalue weighted by Gasteiger charge is -2.22. The Morgan fingerprint density at radius 2 is 1.90 bits per heavy atom. The average molecular weight is 274 g/mol. The van der Waals surface area contributed by atoms with Gasteiger partial charge in [-0.2, -0.15) is 0 Å². The summed E-state index contributed by atoms with van der Waals surface area (Å²) in [6.45, 7) is 5.66. The molecule has 3 rings (SSSR count). The van der Waals surface area contributed by atoms with Crippen molar-refractivity contribution in [2.45, 2.75) is 38.2 Å². The molecule has 2 aliphatic rings. The first-order valence-corrected chi connectivity index (χ1v) is 6.78. The highest BCUT2D eigenvalue weighted by Crippen LogP contribution is 2.69. The standard InChI is InChI=1S/C16H18O4/c1-14(2,3)20-13(18)16-9-15(16,10-19-12(16)17)11-7-5-4-6-8-11/h4-8H,9-10H2,1-3H3/t15-,16?/m0/s1. The minimum Gasteiger partial charge on any atom is -0.464 e. The molecule has 1 heterocycles. The lowest BCUT2D eigenvalue weighted by molar-refractivity contribution is -0.168. The number of esters is 2. The average Bonchev–Trinajstić information content (AvgIpc) is 2.99. The largest absolute Gasteiger partial charge is 0.464 e. The fourth-order valence-electron chi connectivity index (χ4n) is 3.07. The zero-order valence-corrected chi connectivity index (χ0v) is 11.9. The number of hydrogen-bond acceptors (Lipinski definition) is 4. The van der Waals surface area contributed by atoms with E-state index in [1.54, 1.807) is 20.8 Å². The lowest BCUT2D eigenvalue weighted by Crippen LogP contribution is -2.36. The van der Waals surface area contributed by atoms with Gasteiger partial charge in [0.05, 0.1) is 5.41 Å². The van der Waals surface area contributed by atoms with E-state index < -0.39 is 28.4 Å². The Hall–Kier alpha value is -1.84. The molecule has 4 heteroatoms. The molecule has 0 N–H and O–H groups in total. The van der Waals surface area contributed by atoms with Crippen molar-refractivity contribution in [2.75, 3.05) is 6.61 Å². The third-order valence-electron chi connectivity index (χ3n) is 4.13. The van der Waals surface area contributed by atoms with Gasteiger partial charge in [0.15, 0.2) is 5.41 Å². The van der Waals surface area contributed by atoms with Gasteiger partial charge in [0.1, 0.15) is 12.2 Å². The van der Waals surface area contributed by atoms with Gasteiger partial charge in [-0.15, -0.1) is 0 Å². The van der Waals surface area contributed by atoms with Crippen LogP contribution in [0.25, 0.3) is 0 Å². The van der Waals surface area contributed by atoms with E-state index in [0.29, 0.717) is 6.42 Å². The predicted molar refractivity (Wildman–Crippen MR) is 72.0 cm³/mol. The Labute approximate surface area is 118 Å². The first-order chi connectivity index (χ1) is 9.32. The van der Waals surface area contributed by atoms with Gasteiger partial charge < -0.3 is 9.47 Å². The Morgan fingerprint density at radius 3 is 2.50 bits per heavy atom. The van der Waals surface area contributed by atoms with Crippen molar-refractivity contribution in [3.63, 3.8) is 0 Å². The maximum absolute atomic E-state index is 12.5. The molecule has 1 aliphatic carbocycles. The van der Waals surface area contributed by atoms with Gasteiger partial charge in [-0.1, -0.05) is 30.3 Å². The minimum absolute atomic E-state index is 0.259. The van der Waals surface area contributed by atoms with Crippen LogP contribution < -0.4 is 0 Å². The van der Waals surface area contributed by atoms with Gasteiger partial charge in [-0.05, 0) is 32.8 Å². The second-order valence-electron chi connectivity index (χ2n) is 6.61. The molecule has 1 aromatic rings. The SMILES string of the molecule is CC(C)(C)OC(=O)C12C[C@@]1(c1ccccc1)COC2=O. The van der Waals surface area contributed by atoms with Crippen LogP contribution in [0.15, 0.2) is 30.3 Å². The molecule has 1 aromatic carbocycles. The summed E-state index contributed by atoms with van der Waals surface area (Å²) in [5, 5.41) is 0. The Kier molecular flexibility index (Phi) is 2.53. The number of ether oxygens (including phenoxy) is 2. The van der Waals surface area contributed by atoms with Gasteiger partial charge in [0.2, 0.25) is 0 Å².